The normalized spacial score (nSPS) is 31.2. The van der Waals surface area contributed by atoms with Crippen molar-refractivity contribution in [1.82, 2.24) is 4.90 Å². The highest BCUT2D eigenvalue weighted by molar-refractivity contribution is 5.45. The van der Waals surface area contributed by atoms with Crippen LogP contribution in [0.3, 0.4) is 0 Å². The van der Waals surface area contributed by atoms with Crippen LogP contribution in [0, 0.1) is 5.92 Å². The lowest BCUT2D eigenvalue weighted by molar-refractivity contribution is -0.0157. The zero-order valence-corrected chi connectivity index (χ0v) is 14.8. The molecule has 25 heavy (non-hydrogen) atoms. The molecular formula is C23H27NO. The maximum Gasteiger partial charge on any atom is 0.115 e. The van der Waals surface area contributed by atoms with Gasteiger partial charge in [0.2, 0.25) is 0 Å². The number of likely N-dealkylation sites (tertiary alicyclic amines) is 1. The van der Waals surface area contributed by atoms with Gasteiger partial charge >= 0.3 is 0 Å². The maximum atomic E-state index is 10.1. The summed E-state index contributed by atoms with van der Waals surface area (Å²) in [5.41, 5.74) is 4.72. The molecule has 1 N–H and O–H groups in total. The summed E-state index contributed by atoms with van der Waals surface area (Å²) < 4.78 is 0. The first kappa shape index (κ1) is 15.5. The third kappa shape index (κ3) is 2.42. The Balaban J connectivity index is 1.54. The summed E-state index contributed by atoms with van der Waals surface area (Å²) >= 11 is 0. The summed E-state index contributed by atoms with van der Waals surface area (Å²) in [4.78, 5) is 2.75. The predicted molar refractivity (Wildman–Crippen MR) is 101 cm³/mol. The van der Waals surface area contributed by atoms with E-state index in [-0.39, 0.29) is 0 Å². The Kier molecular flexibility index (Phi) is 3.63. The Morgan fingerprint density at radius 1 is 1.04 bits per heavy atom. The first-order chi connectivity index (χ1) is 12.3. The molecule has 2 bridgehead atoms. The Bertz CT molecular complexity index is 771. The molecule has 0 spiro atoms. The van der Waals surface area contributed by atoms with Crippen LogP contribution in [0.25, 0.3) is 0 Å². The minimum absolute atomic E-state index is 0.322. The second-order valence-electron chi connectivity index (χ2n) is 8.33. The first-order valence-electron chi connectivity index (χ1n) is 9.87. The average molecular weight is 333 g/mol. The lowest BCUT2D eigenvalue weighted by atomic mass is 9.52. The van der Waals surface area contributed by atoms with Crippen molar-refractivity contribution in [3.05, 3.63) is 65.2 Å². The van der Waals surface area contributed by atoms with E-state index >= 15 is 0 Å². The van der Waals surface area contributed by atoms with Crippen molar-refractivity contribution in [3.63, 3.8) is 0 Å². The number of benzene rings is 2. The van der Waals surface area contributed by atoms with Gasteiger partial charge in [0.25, 0.3) is 0 Å². The van der Waals surface area contributed by atoms with Crippen molar-refractivity contribution < 1.29 is 5.11 Å². The van der Waals surface area contributed by atoms with E-state index < -0.39 is 0 Å². The SMILES string of the molecule is Oc1ccc2c(c1)C13CCCC[C@@H]1[C@H](C2)N(Cc1ccccc1)CC3. The van der Waals surface area contributed by atoms with E-state index in [0.717, 1.165) is 18.9 Å². The number of aromatic hydroxyl groups is 1. The number of nitrogens with zero attached hydrogens (tertiary/aromatic N) is 1. The van der Waals surface area contributed by atoms with Crippen molar-refractivity contribution in [2.45, 2.75) is 56.5 Å². The molecule has 0 aromatic heterocycles. The molecule has 2 aromatic carbocycles. The topological polar surface area (TPSA) is 23.5 Å². The quantitative estimate of drug-likeness (QED) is 0.864. The van der Waals surface area contributed by atoms with Crippen LogP contribution in [-0.4, -0.2) is 22.6 Å². The van der Waals surface area contributed by atoms with Gasteiger partial charge in [-0.05, 0) is 67.0 Å². The zero-order chi connectivity index (χ0) is 16.9. The molecule has 1 aliphatic heterocycles. The molecule has 2 nitrogen and oxygen atoms in total. The summed E-state index contributed by atoms with van der Waals surface area (Å²) in [5, 5.41) is 10.1. The van der Waals surface area contributed by atoms with Gasteiger partial charge in [0, 0.05) is 18.0 Å². The summed E-state index contributed by atoms with van der Waals surface area (Å²) in [6, 6.07) is 17.8. The minimum Gasteiger partial charge on any atom is -0.508 e. The van der Waals surface area contributed by atoms with Crippen molar-refractivity contribution in [2.24, 2.45) is 5.92 Å². The number of fused-ring (bicyclic) bond motifs is 1. The van der Waals surface area contributed by atoms with E-state index in [0.29, 0.717) is 17.2 Å². The molecule has 2 aromatic rings. The number of rotatable bonds is 2. The van der Waals surface area contributed by atoms with Crippen LogP contribution >= 0.6 is 0 Å². The van der Waals surface area contributed by atoms with Gasteiger partial charge in [0.05, 0.1) is 0 Å². The number of phenols is 1. The molecule has 5 rings (SSSR count). The molecule has 1 unspecified atom stereocenters. The third-order valence-electron chi connectivity index (χ3n) is 7.16. The second kappa shape index (κ2) is 5.88. The van der Waals surface area contributed by atoms with Gasteiger partial charge in [-0.25, -0.2) is 0 Å². The van der Waals surface area contributed by atoms with E-state index in [1.165, 1.54) is 55.3 Å². The highest BCUT2D eigenvalue weighted by Gasteiger charge is 2.53. The first-order valence-corrected chi connectivity index (χ1v) is 9.87. The fourth-order valence-electron chi connectivity index (χ4n) is 6.09. The zero-order valence-electron chi connectivity index (χ0n) is 14.8. The summed E-state index contributed by atoms with van der Waals surface area (Å²) in [5.74, 6) is 1.20. The Labute approximate surface area is 150 Å². The van der Waals surface area contributed by atoms with Crippen LogP contribution < -0.4 is 0 Å². The van der Waals surface area contributed by atoms with E-state index in [9.17, 15) is 5.11 Å². The molecule has 1 heterocycles. The Morgan fingerprint density at radius 3 is 2.80 bits per heavy atom. The number of hydrogen-bond acceptors (Lipinski definition) is 2. The fourth-order valence-corrected chi connectivity index (χ4v) is 6.09. The standard InChI is InChI=1S/C23H27NO/c25-19-10-9-18-14-22-20-8-4-5-11-23(20,21(18)15-19)12-13-24(22)16-17-6-2-1-3-7-17/h1-3,6-7,9-10,15,20,22,25H,4-5,8,11-14,16H2/t20-,22+,23?/m1/s1. The van der Waals surface area contributed by atoms with E-state index in [2.05, 4.69) is 47.4 Å². The molecule has 1 saturated carbocycles. The van der Waals surface area contributed by atoms with Crippen LogP contribution in [0.1, 0.15) is 48.8 Å². The van der Waals surface area contributed by atoms with Crippen molar-refractivity contribution in [3.8, 4) is 5.75 Å². The van der Waals surface area contributed by atoms with Gasteiger partial charge in [-0.3, -0.25) is 4.90 Å². The highest BCUT2D eigenvalue weighted by Crippen LogP contribution is 2.56. The lowest BCUT2D eigenvalue weighted by Crippen LogP contribution is -2.60. The molecule has 1 saturated heterocycles. The molecular weight excluding hydrogens is 306 g/mol. The predicted octanol–water partition coefficient (Wildman–Crippen LogP) is 4.65. The Hall–Kier alpha value is -1.80. The number of phenolic OH excluding ortho intramolecular Hbond substituents is 1. The van der Waals surface area contributed by atoms with Crippen LogP contribution in [0.5, 0.6) is 5.75 Å². The fraction of sp³-hybridized carbons (Fsp3) is 0.478. The maximum absolute atomic E-state index is 10.1. The minimum atomic E-state index is 0.322. The number of hydrogen-bond donors (Lipinski definition) is 1. The van der Waals surface area contributed by atoms with Crippen LogP contribution in [0.2, 0.25) is 0 Å². The Morgan fingerprint density at radius 2 is 1.92 bits per heavy atom. The van der Waals surface area contributed by atoms with Crippen molar-refractivity contribution in [1.29, 1.82) is 0 Å². The monoisotopic (exact) mass is 333 g/mol. The van der Waals surface area contributed by atoms with Gasteiger partial charge in [0.15, 0.2) is 0 Å². The number of piperidine rings is 1. The molecule has 2 heteroatoms. The second-order valence-corrected chi connectivity index (χ2v) is 8.33. The van der Waals surface area contributed by atoms with Gasteiger partial charge in [-0.1, -0.05) is 49.2 Å². The smallest absolute Gasteiger partial charge is 0.115 e. The summed E-state index contributed by atoms with van der Waals surface area (Å²) in [6.45, 7) is 2.26. The highest BCUT2D eigenvalue weighted by atomic mass is 16.3. The largest absolute Gasteiger partial charge is 0.508 e. The molecule has 0 radical (unpaired) electrons. The average Bonchev–Trinajstić information content (AvgIpc) is 2.65. The molecule has 2 fully saturated rings. The molecule has 3 atom stereocenters. The van der Waals surface area contributed by atoms with Gasteiger partial charge in [-0.15, -0.1) is 0 Å². The summed E-state index contributed by atoms with van der Waals surface area (Å²) in [7, 11) is 0. The molecule has 3 aliphatic rings. The summed E-state index contributed by atoms with van der Waals surface area (Å²) in [6.07, 6.45) is 7.77. The van der Waals surface area contributed by atoms with E-state index in [1.807, 2.05) is 6.07 Å². The lowest BCUT2D eigenvalue weighted by Gasteiger charge is -2.59. The molecule has 0 amide bonds. The van der Waals surface area contributed by atoms with Crippen LogP contribution in [0.4, 0.5) is 0 Å². The van der Waals surface area contributed by atoms with Gasteiger partial charge in [0.1, 0.15) is 5.75 Å². The van der Waals surface area contributed by atoms with E-state index in [4.69, 9.17) is 0 Å². The van der Waals surface area contributed by atoms with Gasteiger partial charge < -0.3 is 5.11 Å². The molecule has 2 aliphatic carbocycles. The van der Waals surface area contributed by atoms with Crippen molar-refractivity contribution >= 4 is 0 Å². The molecule has 130 valence electrons. The van der Waals surface area contributed by atoms with Gasteiger partial charge in [-0.2, -0.15) is 0 Å². The third-order valence-corrected chi connectivity index (χ3v) is 7.16. The van der Waals surface area contributed by atoms with Crippen LogP contribution in [-0.2, 0) is 18.4 Å². The van der Waals surface area contributed by atoms with E-state index in [1.54, 1.807) is 0 Å². The van der Waals surface area contributed by atoms with Crippen molar-refractivity contribution in [2.75, 3.05) is 6.54 Å². The van der Waals surface area contributed by atoms with Crippen LogP contribution in [0.15, 0.2) is 48.5 Å².